The van der Waals surface area contributed by atoms with Gasteiger partial charge in [0, 0.05) is 11.8 Å². The van der Waals surface area contributed by atoms with Crippen LogP contribution in [0.3, 0.4) is 0 Å². The van der Waals surface area contributed by atoms with Crippen LogP contribution in [0.15, 0.2) is 94.2 Å². The lowest BCUT2D eigenvalue weighted by atomic mass is 10.1. The number of anilines is 1. The highest BCUT2D eigenvalue weighted by molar-refractivity contribution is 7.89. The fourth-order valence-electron chi connectivity index (χ4n) is 3.92. The van der Waals surface area contributed by atoms with Crippen LogP contribution in [-0.2, 0) is 14.8 Å². The fraction of sp³-hybridized carbons (Fsp3) is 0.143. The highest BCUT2D eigenvalue weighted by atomic mass is 32.2. The number of amides is 1. The zero-order valence-electron chi connectivity index (χ0n) is 21.4. The van der Waals surface area contributed by atoms with Crippen LogP contribution in [0.25, 0.3) is 22.5 Å². The Hall–Kier alpha value is -4.81. The van der Waals surface area contributed by atoms with E-state index in [-0.39, 0.29) is 27.7 Å². The molecule has 0 aliphatic rings. The molecule has 1 aromatic heterocycles. The number of hydrogen-bond donors (Lipinski definition) is 3. The predicted octanol–water partition coefficient (Wildman–Crippen LogP) is 5.16. The molecule has 0 unspecified atom stereocenters. The lowest BCUT2D eigenvalue weighted by molar-refractivity contribution is -0.384. The number of carbonyl (C=O) groups excluding carboxylic acids is 1. The number of hydrogen-bond acceptors (Lipinski definition) is 7. The molecule has 3 N–H and O–H groups in total. The molecule has 11 nitrogen and oxygen atoms in total. The number of nitro groups is 1. The van der Waals surface area contributed by atoms with E-state index in [0.29, 0.717) is 11.3 Å². The van der Waals surface area contributed by atoms with Gasteiger partial charge >= 0.3 is 5.97 Å². The molecule has 0 saturated heterocycles. The van der Waals surface area contributed by atoms with Crippen LogP contribution >= 0.6 is 0 Å². The molecule has 1 amide bonds. The lowest BCUT2D eigenvalue weighted by Gasteiger charge is -2.18. The summed E-state index contributed by atoms with van der Waals surface area (Å²) in [5.74, 6) is -2.07. The van der Waals surface area contributed by atoms with E-state index in [1.165, 1.54) is 36.4 Å². The molecule has 0 aliphatic carbocycles. The van der Waals surface area contributed by atoms with Gasteiger partial charge in [-0.1, -0.05) is 50.2 Å². The van der Waals surface area contributed by atoms with Crippen LogP contribution < -0.4 is 10.0 Å². The maximum absolute atomic E-state index is 12.7. The molecule has 40 heavy (non-hydrogen) atoms. The number of nitro benzene ring substituents is 1. The Morgan fingerprint density at radius 1 is 0.900 bits per heavy atom. The van der Waals surface area contributed by atoms with Gasteiger partial charge in [-0.05, 0) is 59.5 Å². The summed E-state index contributed by atoms with van der Waals surface area (Å²) >= 11 is 0. The number of rotatable bonds is 10. The summed E-state index contributed by atoms with van der Waals surface area (Å²) in [6.07, 6.45) is 0. The van der Waals surface area contributed by atoms with Crippen molar-refractivity contribution in [2.45, 2.75) is 24.8 Å². The first-order valence-electron chi connectivity index (χ1n) is 12.1. The normalized spacial score (nSPS) is 12.2. The minimum atomic E-state index is -4.04. The van der Waals surface area contributed by atoms with Crippen LogP contribution in [0, 0.1) is 16.0 Å². The van der Waals surface area contributed by atoms with Crippen molar-refractivity contribution in [3.05, 3.63) is 101 Å². The first-order chi connectivity index (χ1) is 19.0. The minimum absolute atomic E-state index is 0.0229. The van der Waals surface area contributed by atoms with Crippen molar-refractivity contribution in [3.63, 3.8) is 0 Å². The van der Waals surface area contributed by atoms with Crippen LogP contribution in [0.2, 0.25) is 0 Å². The Morgan fingerprint density at radius 3 is 2.08 bits per heavy atom. The third-order valence-electron chi connectivity index (χ3n) is 6.05. The van der Waals surface area contributed by atoms with E-state index in [0.717, 1.165) is 5.56 Å². The maximum Gasteiger partial charge on any atom is 0.322 e. The molecule has 0 bridgehead atoms. The average molecular weight is 564 g/mol. The van der Waals surface area contributed by atoms with E-state index < -0.39 is 38.8 Å². The molecular weight excluding hydrogens is 538 g/mol. The molecule has 1 heterocycles. The Balaban J connectivity index is 1.44. The minimum Gasteiger partial charge on any atom is -0.480 e. The molecule has 3 aromatic carbocycles. The van der Waals surface area contributed by atoms with Crippen molar-refractivity contribution < 1.29 is 32.5 Å². The monoisotopic (exact) mass is 563 g/mol. The number of carboxylic acid groups (broad SMARTS) is 1. The molecule has 1 atom stereocenters. The van der Waals surface area contributed by atoms with Crippen molar-refractivity contribution in [1.82, 2.24) is 4.72 Å². The highest BCUT2D eigenvalue weighted by Crippen LogP contribution is 2.31. The molecule has 4 aromatic rings. The fourth-order valence-corrected chi connectivity index (χ4v) is 5.26. The molecule has 206 valence electrons. The number of sulfonamides is 1. The van der Waals surface area contributed by atoms with Crippen molar-refractivity contribution >= 4 is 33.3 Å². The third-order valence-corrected chi connectivity index (χ3v) is 7.51. The van der Waals surface area contributed by atoms with Gasteiger partial charge in [-0.15, -0.1) is 0 Å². The van der Waals surface area contributed by atoms with Gasteiger partial charge in [0.05, 0.1) is 15.4 Å². The van der Waals surface area contributed by atoms with Crippen molar-refractivity contribution in [1.29, 1.82) is 0 Å². The summed E-state index contributed by atoms with van der Waals surface area (Å²) in [6.45, 7) is 3.22. The van der Waals surface area contributed by atoms with Crippen molar-refractivity contribution in [3.8, 4) is 22.5 Å². The number of nitrogens with one attached hydrogen (secondary N) is 2. The molecular formula is C28H25N3O8S. The van der Waals surface area contributed by atoms with E-state index in [2.05, 4.69) is 10.0 Å². The van der Waals surface area contributed by atoms with Gasteiger partial charge in [-0.2, -0.15) is 4.72 Å². The maximum atomic E-state index is 12.7. The molecule has 0 aliphatic heterocycles. The quantitative estimate of drug-likeness (QED) is 0.175. The Morgan fingerprint density at radius 2 is 1.50 bits per heavy atom. The number of carbonyl (C=O) groups is 2. The largest absolute Gasteiger partial charge is 0.480 e. The van der Waals surface area contributed by atoms with Gasteiger partial charge < -0.3 is 14.8 Å². The van der Waals surface area contributed by atoms with Crippen LogP contribution in [0.5, 0.6) is 0 Å². The van der Waals surface area contributed by atoms with E-state index in [9.17, 15) is 33.2 Å². The van der Waals surface area contributed by atoms with Gasteiger partial charge in [0.15, 0.2) is 5.76 Å². The van der Waals surface area contributed by atoms with E-state index in [1.807, 2.05) is 0 Å². The number of nitrogens with zero attached hydrogens (tertiary/aromatic N) is 1. The first-order valence-corrected chi connectivity index (χ1v) is 13.5. The molecule has 4 rings (SSSR count). The highest BCUT2D eigenvalue weighted by Gasteiger charge is 2.28. The summed E-state index contributed by atoms with van der Waals surface area (Å²) in [5.41, 5.74) is 2.04. The van der Waals surface area contributed by atoms with Gasteiger partial charge in [0.25, 0.3) is 11.6 Å². The number of carboxylic acids is 1. The van der Waals surface area contributed by atoms with Gasteiger partial charge in [0.1, 0.15) is 11.8 Å². The summed E-state index contributed by atoms with van der Waals surface area (Å²) in [6, 6.07) is 20.5. The Kier molecular flexibility index (Phi) is 8.12. The van der Waals surface area contributed by atoms with Crippen LogP contribution in [-0.4, -0.2) is 36.4 Å². The lowest BCUT2D eigenvalue weighted by Crippen LogP contribution is -2.44. The third kappa shape index (κ3) is 6.25. The van der Waals surface area contributed by atoms with E-state index >= 15 is 0 Å². The standard InChI is InChI=1S/C28H25N3O8S/c1-17(2)26(28(33)34)30-40(37,38)21-13-9-19(10-14-21)18-7-11-20(12-8-18)29-27(32)25-16-15-24(39-25)22-5-3-4-6-23(22)31(35)36/h3-17,26,30H,1-2H3,(H,29,32)(H,33,34)/t26-/m0/s1. The molecule has 0 saturated carbocycles. The SMILES string of the molecule is CC(C)[C@H](NS(=O)(=O)c1ccc(-c2ccc(NC(=O)c3ccc(-c4ccccc4[N+](=O)[O-])o3)cc2)cc1)C(=O)O. The topological polar surface area (TPSA) is 169 Å². The first kappa shape index (κ1) is 28.2. The zero-order valence-corrected chi connectivity index (χ0v) is 22.2. The number of aliphatic carboxylic acids is 1. The van der Waals surface area contributed by atoms with E-state index in [4.69, 9.17) is 4.42 Å². The molecule has 12 heteroatoms. The Labute approximate surface area is 229 Å². The second kappa shape index (κ2) is 11.5. The Bertz CT molecular complexity index is 1660. The van der Waals surface area contributed by atoms with E-state index in [1.54, 1.807) is 62.4 Å². The zero-order chi connectivity index (χ0) is 29.0. The summed E-state index contributed by atoms with van der Waals surface area (Å²) in [7, 11) is -4.04. The van der Waals surface area contributed by atoms with Gasteiger partial charge in [0.2, 0.25) is 10.0 Å². The van der Waals surface area contributed by atoms with Crippen molar-refractivity contribution in [2.75, 3.05) is 5.32 Å². The molecule has 0 spiro atoms. The number of furan rings is 1. The van der Waals surface area contributed by atoms with Crippen molar-refractivity contribution in [2.24, 2.45) is 5.92 Å². The average Bonchev–Trinajstić information content (AvgIpc) is 3.42. The molecule has 0 radical (unpaired) electrons. The summed E-state index contributed by atoms with van der Waals surface area (Å²) in [4.78, 5) is 34.8. The smallest absolute Gasteiger partial charge is 0.322 e. The number of para-hydroxylation sites is 1. The number of benzene rings is 3. The van der Waals surface area contributed by atoms with Gasteiger partial charge in [-0.3, -0.25) is 19.7 Å². The second-order valence-corrected chi connectivity index (χ2v) is 10.9. The van der Waals surface area contributed by atoms with Crippen LogP contribution in [0.1, 0.15) is 24.4 Å². The predicted molar refractivity (Wildman–Crippen MR) is 147 cm³/mol. The van der Waals surface area contributed by atoms with Gasteiger partial charge in [-0.25, -0.2) is 8.42 Å². The van der Waals surface area contributed by atoms with Crippen LogP contribution in [0.4, 0.5) is 11.4 Å². The summed E-state index contributed by atoms with van der Waals surface area (Å²) in [5, 5.41) is 23.3. The second-order valence-electron chi connectivity index (χ2n) is 9.18. The summed E-state index contributed by atoms with van der Waals surface area (Å²) < 4.78 is 33.1. The molecule has 0 fully saturated rings.